The number of ether oxygens (including phenoxy) is 1. The Morgan fingerprint density at radius 2 is 2.27 bits per heavy atom. The van der Waals surface area contributed by atoms with E-state index in [0.29, 0.717) is 4.88 Å². The Balaban J connectivity index is 1.49. The van der Waals surface area contributed by atoms with Crippen molar-refractivity contribution in [3.8, 4) is 0 Å². The lowest BCUT2D eigenvalue weighted by Gasteiger charge is -2.12. The molecule has 6 heteroatoms. The number of carbonyl (C=O) groups excluding carboxylic acids is 2. The fourth-order valence-corrected chi connectivity index (χ4v) is 4.41. The molecule has 0 aliphatic heterocycles. The number of nitrogens with one attached hydrogen (secondary N) is 1. The van der Waals surface area contributed by atoms with Crippen LogP contribution in [0.15, 0.2) is 23.6 Å². The molecule has 0 saturated heterocycles. The highest BCUT2D eigenvalue weighted by Gasteiger charge is 2.20. The van der Waals surface area contributed by atoms with Crippen LogP contribution in [-0.4, -0.2) is 18.5 Å². The summed E-state index contributed by atoms with van der Waals surface area (Å²) in [5.41, 5.74) is 1.26. The van der Waals surface area contributed by atoms with Crippen LogP contribution in [0.1, 0.15) is 44.4 Å². The van der Waals surface area contributed by atoms with Crippen molar-refractivity contribution < 1.29 is 14.3 Å². The highest BCUT2D eigenvalue weighted by Crippen LogP contribution is 2.30. The molecule has 1 N–H and O–H groups in total. The van der Waals surface area contributed by atoms with E-state index in [-0.39, 0.29) is 18.6 Å². The zero-order valence-corrected chi connectivity index (χ0v) is 13.9. The lowest BCUT2D eigenvalue weighted by molar-refractivity contribution is -0.124. The minimum absolute atomic E-state index is 0.0725. The first-order valence-electron chi connectivity index (χ1n) is 7.25. The van der Waals surface area contributed by atoms with Crippen molar-refractivity contribution in [3.05, 3.63) is 43.8 Å². The van der Waals surface area contributed by atoms with Crippen molar-refractivity contribution in [2.75, 3.05) is 6.61 Å². The molecule has 116 valence electrons. The number of hydrogen-bond acceptors (Lipinski definition) is 5. The van der Waals surface area contributed by atoms with Crippen molar-refractivity contribution in [3.63, 3.8) is 0 Å². The van der Waals surface area contributed by atoms with E-state index in [1.807, 2.05) is 30.5 Å². The Hall–Kier alpha value is -1.66. The van der Waals surface area contributed by atoms with Crippen molar-refractivity contribution in [1.29, 1.82) is 0 Å². The van der Waals surface area contributed by atoms with Crippen LogP contribution in [0.2, 0.25) is 0 Å². The van der Waals surface area contributed by atoms with Gasteiger partial charge in [-0.2, -0.15) is 0 Å². The second kappa shape index (κ2) is 6.62. The van der Waals surface area contributed by atoms with Gasteiger partial charge in [-0.1, -0.05) is 6.07 Å². The standard InChI is InChI=1S/C16H17NO3S2/c1-10(12-6-3-7-21-12)17-15(18)9-20-16(19)14-8-11-4-2-5-13(11)22-14/h3,6-8,10H,2,4-5,9H2,1H3,(H,17,18)/t10-/m0/s1. The van der Waals surface area contributed by atoms with E-state index in [2.05, 4.69) is 5.32 Å². The van der Waals surface area contributed by atoms with Crippen molar-refractivity contribution in [2.45, 2.75) is 32.2 Å². The summed E-state index contributed by atoms with van der Waals surface area (Å²) in [6, 6.07) is 5.74. The van der Waals surface area contributed by atoms with Crippen LogP contribution < -0.4 is 5.32 Å². The van der Waals surface area contributed by atoms with E-state index in [4.69, 9.17) is 4.74 Å². The van der Waals surface area contributed by atoms with E-state index in [1.54, 1.807) is 11.3 Å². The molecule has 2 aromatic heterocycles. The molecular formula is C16H17NO3S2. The van der Waals surface area contributed by atoms with Crippen LogP contribution in [0.4, 0.5) is 0 Å². The second-order valence-corrected chi connectivity index (χ2v) is 7.41. The molecule has 4 nitrogen and oxygen atoms in total. The number of rotatable bonds is 5. The minimum Gasteiger partial charge on any atom is -0.451 e. The summed E-state index contributed by atoms with van der Waals surface area (Å²) in [4.78, 5) is 26.8. The normalized spacial score (nSPS) is 14.4. The third kappa shape index (κ3) is 3.39. The summed E-state index contributed by atoms with van der Waals surface area (Å²) >= 11 is 3.08. The van der Waals surface area contributed by atoms with Gasteiger partial charge in [0, 0.05) is 9.75 Å². The zero-order chi connectivity index (χ0) is 15.5. The number of esters is 1. The maximum absolute atomic E-state index is 12.0. The highest BCUT2D eigenvalue weighted by atomic mass is 32.1. The van der Waals surface area contributed by atoms with Gasteiger partial charge >= 0.3 is 5.97 Å². The van der Waals surface area contributed by atoms with Gasteiger partial charge in [0.05, 0.1) is 6.04 Å². The van der Waals surface area contributed by atoms with Gasteiger partial charge in [0.25, 0.3) is 5.91 Å². The first-order valence-corrected chi connectivity index (χ1v) is 8.94. The first kappa shape index (κ1) is 15.2. The largest absolute Gasteiger partial charge is 0.451 e. The maximum atomic E-state index is 12.0. The summed E-state index contributed by atoms with van der Waals surface area (Å²) in [6.45, 7) is 1.67. The molecule has 2 aromatic rings. The van der Waals surface area contributed by atoms with E-state index in [9.17, 15) is 9.59 Å². The first-order chi connectivity index (χ1) is 10.6. The monoisotopic (exact) mass is 335 g/mol. The molecule has 3 rings (SSSR count). The molecule has 1 atom stereocenters. The number of carbonyl (C=O) groups is 2. The van der Waals surface area contributed by atoms with Gasteiger partial charge in [0.2, 0.25) is 0 Å². The molecule has 0 spiro atoms. The fraction of sp³-hybridized carbons (Fsp3) is 0.375. The van der Waals surface area contributed by atoms with Crippen LogP contribution in [0.3, 0.4) is 0 Å². The van der Waals surface area contributed by atoms with Crippen LogP contribution in [0.5, 0.6) is 0 Å². The minimum atomic E-state index is -0.404. The van der Waals surface area contributed by atoms with E-state index >= 15 is 0 Å². The number of fused-ring (bicyclic) bond motifs is 1. The van der Waals surface area contributed by atoms with Crippen LogP contribution in [-0.2, 0) is 22.4 Å². The summed E-state index contributed by atoms with van der Waals surface area (Å²) in [7, 11) is 0. The predicted octanol–water partition coefficient (Wildman–Crippen LogP) is 3.33. The summed E-state index contributed by atoms with van der Waals surface area (Å²) in [5.74, 6) is -0.684. The van der Waals surface area contributed by atoms with E-state index in [0.717, 1.165) is 17.7 Å². The Morgan fingerprint density at radius 3 is 3.00 bits per heavy atom. The number of amides is 1. The summed E-state index contributed by atoms with van der Waals surface area (Å²) < 4.78 is 5.11. The average Bonchev–Trinajstić information content (AvgIpc) is 3.19. The molecule has 0 unspecified atom stereocenters. The van der Waals surface area contributed by atoms with Gasteiger partial charge in [0.15, 0.2) is 6.61 Å². The summed E-state index contributed by atoms with van der Waals surface area (Å²) in [5, 5.41) is 4.79. The molecule has 0 fully saturated rings. The average molecular weight is 335 g/mol. The third-order valence-electron chi connectivity index (χ3n) is 3.63. The molecule has 22 heavy (non-hydrogen) atoms. The molecule has 0 bridgehead atoms. The second-order valence-electron chi connectivity index (χ2n) is 5.29. The van der Waals surface area contributed by atoms with Crippen molar-refractivity contribution in [1.82, 2.24) is 5.32 Å². The maximum Gasteiger partial charge on any atom is 0.348 e. The Morgan fingerprint density at radius 1 is 1.41 bits per heavy atom. The van der Waals surface area contributed by atoms with Gasteiger partial charge < -0.3 is 10.1 Å². The number of thiophene rings is 2. The molecule has 0 aromatic carbocycles. The van der Waals surface area contributed by atoms with Crippen LogP contribution >= 0.6 is 22.7 Å². The Bertz CT molecular complexity index is 654. The van der Waals surface area contributed by atoms with Gasteiger partial charge in [-0.3, -0.25) is 4.79 Å². The van der Waals surface area contributed by atoms with E-state index in [1.165, 1.54) is 28.2 Å². The zero-order valence-electron chi connectivity index (χ0n) is 12.3. The summed E-state index contributed by atoms with van der Waals surface area (Å²) in [6.07, 6.45) is 3.25. The predicted molar refractivity (Wildman–Crippen MR) is 87.5 cm³/mol. The SMILES string of the molecule is C[C@H](NC(=O)COC(=O)c1cc2c(s1)CCC2)c1cccs1. The Labute approximate surface area is 137 Å². The topological polar surface area (TPSA) is 55.4 Å². The van der Waals surface area contributed by atoms with Crippen LogP contribution in [0, 0.1) is 0 Å². The van der Waals surface area contributed by atoms with E-state index < -0.39 is 5.97 Å². The quantitative estimate of drug-likeness (QED) is 0.853. The highest BCUT2D eigenvalue weighted by molar-refractivity contribution is 7.14. The smallest absolute Gasteiger partial charge is 0.348 e. The van der Waals surface area contributed by atoms with Gasteiger partial charge in [-0.05, 0) is 49.3 Å². The number of aryl methyl sites for hydroxylation is 2. The van der Waals surface area contributed by atoms with Gasteiger partial charge in [-0.15, -0.1) is 22.7 Å². The van der Waals surface area contributed by atoms with Gasteiger partial charge in [0.1, 0.15) is 4.88 Å². The molecule has 1 amide bonds. The fourth-order valence-electron chi connectivity index (χ4n) is 2.52. The molecule has 0 saturated carbocycles. The van der Waals surface area contributed by atoms with Gasteiger partial charge in [-0.25, -0.2) is 4.79 Å². The van der Waals surface area contributed by atoms with Crippen LogP contribution in [0.25, 0.3) is 0 Å². The lowest BCUT2D eigenvalue weighted by Crippen LogP contribution is -2.30. The molecular weight excluding hydrogens is 318 g/mol. The van der Waals surface area contributed by atoms with Crippen molar-refractivity contribution >= 4 is 34.6 Å². The molecule has 0 radical (unpaired) electrons. The molecule has 2 heterocycles. The lowest BCUT2D eigenvalue weighted by atomic mass is 10.2. The molecule has 1 aliphatic rings. The molecule has 1 aliphatic carbocycles. The number of hydrogen-bond donors (Lipinski definition) is 1. The Kier molecular flexibility index (Phi) is 4.59. The van der Waals surface area contributed by atoms with Crippen molar-refractivity contribution in [2.24, 2.45) is 0 Å². The third-order valence-corrected chi connectivity index (χ3v) is 5.90.